The number of rotatable bonds is 2. The Bertz CT molecular complexity index is 431. The summed E-state index contributed by atoms with van der Waals surface area (Å²) in [6.07, 6.45) is 0. The summed E-state index contributed by atoms with van der Waals surface area (Å²) in [5.74, 6) is 0. The minimum atomic E-state index is 0.492. The van der Waals surface area contributed by atoms with Gasteiger partial charge in [0.1, 0.15) is 0 Å². The Morgan fingerprint density at radius 1 is 1.21 bits per heavy atom. The van der Waals surface area contributed by atoms with Crippen molar-refractivity contribution < 1.29 is 0 Å². The molecule has 0 fully saturated rings. The highest BCUT2D eigenvalue weighted by molar-refractivity contribution is 7.17. The van der Waals surface area contributed by atoms with Crippen LogP contribution in [0.4, 0.5) is 0 Å². The molecule has 1 aromatic heterocycles. The molecule has 0 amide bonds. The maximum atomic E-state index is 2.27. The van der Waals surface area contributed by atoms with E-state index < -0.39 is 0 Å². The maximum absolute atomic E-state index is 2.27. The second kappa shape index (κ2) is 3.71. The molecule has 1 nitrogen and oxygen atoms in total. The maximum Gasteiger partial charge on any atom is 0.0346 e. The van der Waals surface area contributed by atoms with E-state index in [1.165, 1.54) is 15.6 Å². The van der Waals surface area contributed by atoms with Gasteiger partial charge in [0.2, 0.25) is 0 Å². The standard InChI is InChI=1S/C12H15NS/c1-9(13(2)3)11-8-14-12-7-5-4-6-10(11)12/h4-9H,1-3H3. The van der Waals surface area contributed by atoms with Crippen molar-refractivity contribution in [2.24, 2.45) is 0 Å². The molecule has 1 aromatic carbocycles. The lowest BCUT2D eigenvalue weighted by molar-refractivity contribution is 0.323. The predicted molar refractivity (Wildman–Crippen MR) is 63.9 cm³/mol. The first-order valence-electron chi connectivity index (χ1n) is 4.82. The lowest BCUT2D eigenvalue weighted by Crippen LogP contribution is -2.16. The minimum absolute atomic E-state index is 0.492. The molecule has 14 heavy (non-hydrogen) atoms. The smallest absolute Gasteiger partial charge is 0.0346 e. The van der Waals surface area contributed by atoms with Crippen molar-refractivity contribution in [2.45, 2.75) is 13.0 Å². The van der Waals surface area contributed by atoms with E-state index in [9.17, 15) is 0 Å². The van der Waals surface area contributed by atoms with Crippen molar-refractivity contribution >= 4 is 21.4 Å². The zero-order chi connectivity index (χ0) is 10.1. The van der Waals surface area contributed by atoms with Gasteiger partial charge in [0.15, 0.2) is 0 Å². The molecular weight excluding hydrogens is 190 g/mol. The van der Waals surface area contributed by atoms with Crippen LogP contribution in [0.15, 0.2) is 29.6 Å². The molecule has 0 radical (unpaired) electrons. The lowest BCUT2D eigenvalue weighted by atomic mass is 10.1. The van der Waals surface area contributed by atoms with Crippen LogP contribution in [0.5, 0.6) is 0 Å². The first-order chi connectivity index (χ1) is 6.70. The van der Waals surface area contributed by atoms with Crippen molar-refractivity contribution in [2.75, 3.05) is 14.1 Å². The van der Waals surface area contributed by atoms with Crippen LogP contribution in [-0.4, -0.2) is 19.0 Å². The number of nitrogens with zero attached hydrogens (tertiary/aromatic N) is 1. The van der Waals surface area contributed by atoms with Gasteiger partial charge in [0.25, 0.3) is 0 Å². The van der Waals surface area contributed by atoms with E-state index in [0.717, 1.165) is 0 Å². The van der Waals surface area contributed by atoms with Crippen LogP contribution in [0.3, 0.4) is 0 Å². The molecule has 2 aromatic rings. The van der Waals surface area contributed by atoms with Gasteiger partial charge in [-0.25, -0.2) is 0 Å². The molecule has 1 heterocycles. The highest BCUT2D eigenvalue weighted by Crippen LogP contribution is 2.31. The highest BCUT2D eigenvalue weighted by Gasteiger charge is 2.12. The molecule has 0 aliphatic rings. The van der Waals surface area contributed by atoms with Crippen LogP contribution in [0.1, 0.15) is 18.5 Å². The fraction of sp³-hybridized carbons (Fsp3) is 0.333. The second-order valence-corrected chi connectivity index (χ2v) is 4.74. The molecule has 2 heteroatoms. The molecule has 74 valence electrons. The molecule has 1 unspecified atom stereocenters. The Morgan fingerprint density at radius 3 is 2.64 bits per heavy atom. The molecule has 0 saturated carbocycles. The summed E-state index contributed by atoms with van der Waals surface area (Å²) in [4.78, 5) is 2.24. The van der Waals surface area contributed by atoms with Gasteiger partial charge in [-0.05, 0) is 43.4 Å². The molecule has 0 saturated heterocycles. The Morgan fingerprint density at radius 2 is 1.93 bits per heavy atom. The topological polar surface area (TPSA) is 3.24 Å². The van der Waals surface area contributed by atoms with E-state index in [4.69, 9.17) is 0 Å². The Labute approximate surface area is 89.0 Å². The third-order valence-electron chi connectivity index (χ3n) is 2.74. The quantitative estimate of drug-likeness (QED) is 0.725. The molecule has 0 N–H and O–H groups in total. The molecule has 2 rings (SSSR count). The fourth-order valence-electron chi connectivity index (χ4n) is 1.60. The van der Waals surface area contributed by atoms with Gasteiger partial charge in [-0.2, -0.15) is 0 Å². The van der Waals surface area contributed by atoms with Crippen molar-refractivity contribution in [1.82, 2.24) is 4.90 Å². The van der Waals surface area contributed by atoms with Gasteiger partial charge in [0.05, 0.1) is 0 Å². The number of benzene rings is 1. The largest absolute Gasteiger partial charge is 0.303 e. The molecule has 0 aliphatic carbocycles. The number of fused-ring (bicyclic) bond motifs is 1. The summed E-state index contributed by atoms with van der Waals surface area (Å²) >= 11 is 1.83. The molecule has 0 aliphatic heterocycles. The van der Waals surface area contributed by atoms with Gasteiger partial charge in [0, 0.05) is 10.7 Å². The zero-order valence-electron chi connectivity index (χ0n) is 8.82. The zero-order valence-corrected chi connectivity index (χ0v) is 9.64. The Kier molecular flexibility index (Phi) is 2.57. The second-order valence-electron chi connectivity index (χ2n) is 3.83. The van der Waals surface area contributed by atoms with E-state index in [2.05, 4.69) is 55.6 Å². The van der Waals surface area contributed by atoms with Gasteiger partial charge in [-0.15, -0.1) is 11.3 Å². The van der Waals surface area contributed by atoms with Crippen LogP contribution in [-0.2, 0) is 0 Å². The van der Waals surface area contributed by atoms with Gasteiger partial charge in [-0.1, -0.05) is 18.2 Å². The van der Waals surface area contributed by atoms with E-state index in [0.29, 0.717) is 6.04 Å². The van der Waals surface area contributed by atoms with Crippen molar-refractivity contribution in [3.8, 4) is 0 Å². The number of thiophene rings is 1. The number of hydrogen-bond donors (Lipinski definition) is 0. The first kappa shape index (κ1) is 9.69. The lowest BCUT2D eigenvalue weighted by Gasteiger charge is -2.19. The van der Waals surface area contributed by atoms with Crippen LogP contribution < -0.4 is 0 Å². The van der Waals surface area contributed by atoms with Crippen LogP contribution >= 0.6 is 11.3 Å². The minimum Gasteiger partial charge on any atom is -0.303 e. The van der Waals surface area contributed by atoms with E-state index in [-0.39, 0.29) is 0 Å². The fourth-order valence-corrected chi connectivity index (χ4v) is 2.65. The first-order valence-corrected chi connectivity index (χ1v) is 5.70. The van der Waals surface area contributed by atoms with E-state index in [1.54, 1.807) is 0 Å². The summed E-state index contributed by atoms with van der Waals surface area (Å²) in [5.41, 5.74) is 1.44. The van der Waals surface area contributed by atoms with Crippen LogP contribution in [0, 0.1) is 0 Å². The molecule has 1 atom stereocenters. The van der Waals surface area contributed by atoms with Gasteiger partial charge in [-0.3, -0.25) is 0 Å². The van der Waals surface area contributed by atoms with Gasteiger partial charge >= 0.3 is 0 Å². The summed E-state index contributed by atoms with van der Waals surface area (Å²) in [5, 5.41) is 3.67. The predicted octanol–water partition coefficient (Wildman–Crippen LogP) is 3.52. The number of hydrogen-bond acceptors (Lipinski definition) is 2. The third kappa shape index (κ3) is 1.56. The van der Waals surface area contributed by atoms with Gasteiger partial charge < -0.3 is 4.90 Å². The monoisotopic (exact) mass is 205 g/mol. The summed E-state index contributed by atoms with van der Waals surface area (Å²) in [7, 11) is 4.24. The van der Waals surface area contributed by atoms with Crippen molar-refractivity contribution in [3.63, 3.8) is 0 Å². The SMILES string of the molecule is CC(c1csc2ccccc12)N(C)C. The van der Waals surface area contributed by atoms with Crippen LogP contribution in [0.25, 0.3) is 10.1 Å². The molecule has 0 spiro atoms. The summed E-state index contributed by atoms with van der Waals surface area (Å²) < 4.78 is 1.39. The van der Waals surface area contributed by atoms with Crippen molar-refractivity contribution in [3.05, 3.63) is 35.2 Å². The average Bonchev–Trinajstić information content (AvgIpc) is 2.60. The third-order valence-corrected chi connectivity index (χ3v) is 3.72. The molecular formula is C12H15NS. The van der Waals surface area contributed by atoms with E-state index in [1.807, 2.05) is 11.3 Å². The Hall–Kier alpha value is -0.860. The van der Waals surface area contributed by atoms with Crippen molar-refractivity contribution in [1.29, 1.82) is 0 Å². The Balaban J connectivity index is 2.53. The normalized spacial score (nSPS) is 13.7. The van der Waals surface area contributed by atoms with Crippen LogP contribution in [0.2, 0.25) is 0 Å². The molecule has 0 bridgehead atoms. The highest BCUT2D eigenvalue weighted by atomic mass is 32.1. The average molecular weight is 205 g/mol. The summed E-state index contributed by atoms with van der Waals surface area (Å²) in [6, 6.07) is 9.10. The van der Waals surface area contributed by atoms with E-state index >= 15 is 0 Å². The summed E-state index contributed by atoms with van der Waals surface area (Å²) in [6.45, 7) is 2.24.